The summed E-state index contributed by atoms with van der Waals surface area (Å²) in [4.78, 5) is 28.5. The van der Waals surface area contributed by atoms with Crippen molar-refractivity contribution in [2.45, 2.75) is 53.5 Å². The number of nitrogens with zero attached hydrogens (tertiary/aromatic N) is 3. The van der Waals surface area contributed by atoms with Crippen molar-refractivity contribution in [3.63, 3.8) is 0 Å². The van der Waals surface area contributed by atoms with E-state index in [0.717, 1.165) is 50.3 Å². The van der Waals surface area contributed by atoms with Crippen LogP contribution in [0.3, 0.4) is 0 Å². The molecule has 0 fully saturated rings. The molecule has 2 rings (SSSR count). The van der Waals surface area contributed by atoms with Gasteiger partial charge in [-0.25, -0.2) is 0 Å². The van der Waals surface area contributed by atoms with Crippen molar-refractivity contribution in [1.29, 1.82) is 0 Å². The molecule has 0 bridgehead atoms. The molecule has 0 aliphatic heterocycles. The minimum atomic E-state index is -0.0438. The first kappa shape index (κ1) is 22.9. The molecule has 29 heavy (non-hydrogen) atoms. The molecule has 0 aliphatic carbocycles. The van der Waals surface area contributed by atoms with Crippen LogP contribution < -0.4 is 5.32 Å². The second-order valence-corrected chi connectivity index (χ2v) is 7.28. The Bertz CT molecular complexity index is 791. The predicted octanol–water partition coefficient (Wildman–Crippen LogP) is 3.96. The van der Waals surface area contributed by atoms with Gasteiger partial charge >= 0.3 is 0 Å². The van der Waals surface area contributed by atoms with E-state index in [4.69, 9.17) is 0 Å². The third kappa shape index (κ3) is 6.60. The maximum atomic E-state index is 12.2. The Morgan fingerprint density at radius 1 is 0.966 bits per heavy atom. The van der Waals surface area contributed by atoms with Gasteiger partial charge in [-0.2, -0.15) is 0 Å². The highest BCUT2D eigenvalue weighted by Crippen LogP contribution is 2.21. The van der Waals surface area contributed by atoms with Crippen molar-refractivity contribution < 1.29 is 9.59 Å². The van der Waals surface area contributed by atoms with Crippen LogP contribution in [-0.4, -0.2) is 58.9 Å². The summed E-state index contributed by atoms with van der Waals surface area (Å²) in [6.07, 6.45) is 3.46. The van der Waals surface area contributed by atoms with Gasteiger partial charge in [-0.1, -0.05) is 13.8 Å². The van der Waals surface area contributed by atoms with Gasteiger partial charge in [-0.15, -0.1) is 0 Å². The SMILES string of the molecule is CCN(CC)CCn1ccc2cc(NC(=O)CCCC(=O)N(CC)CC)ccc21. The minimum Gasteiger partial charge on any atom is -0.346 e. The van der Waals surface area contributed by atoms with Gasteiger partial charge in [0.1, 0.15) is 0 Å². The lowest BCUT2D eigenvalue weighted by Crippen LogP contribution is -2.30. The Morgan fingerprint density at radius 2 is 1.69 bits per heavy atom. The van der Waals surface area contributed by atoms with E-state index in [1.165, 1.54) is 5.52 Å². The van der Waals surface area contributed by atoms with Gasteiger partial charge in [0.15, 0.2) is 0 Å². The van der Waals surface area contributed by atoms with Crippen molar-refractivity contribution in [1.82, 2.24) is 14.4 Å². The molecule has 160 valence electrons. The van der Waals surface area contributed by atoms with Crippen molar-refractivity contribution in [2.75, 3.05) is 38.0 Å². The van der Waals surface area contributed by atoms with E-state index in [1.807, 2.05) is 26.0 Å². The lowest BCUT2D eigenvalue weighted by atomic mass is 10.2. The number of fused-ring (bicyclic) bond motifs is 1. The quantitative estimate of drug-likeness (QED) is 0.587. The lowest BCUT2D eigenvalue weighted by Gasteiger charge is -2.18. The predicted molar refractivity (Wildman–Crippen MR) is 120 cm³/mol. The van der Waals surface area contributed by atoms with Crippen LogP contribution in [0.1, 0.15) is 47.0 Å². The molecule has 1 aromatic carbocycles. The Labute approximate surface area is 174 Å². The molecule has 0 saturated heterocycles. The van der Waals surface area contributed by atoms with Crippen LogP contribution in [0, 0.1) is 0 Å². The van der Waals surface area contributed by atoms with Gasteiger partial charge in [0.2, 0.25) is 11.8 Å². The molecule has 0 aliphatic rings. The molecule has 0 unspecified atom stereocenters. The first-order chi connectivity index (χ1) is 14.0. The maximum absolute atomic E-state index is 12.2. The van der Waals surface area contributed by atoms with Crippen molar-refractivity contribution >= 4 is 28.4 Å². The summed E-state index contributed by atoms with van der Waals surface area (Å²) in [6, 6.07) is 8.13. The molecule has 2 aromatic rings. The summed E-state index contributed by atoms with van der Waals surface area (Å²) in [5.74, 6) is 0.0768. The molecule has 6 nitrogen and oxygen atoms in total. The second-order valence-electron chi connectivity index (χ2n) is 7.28. The van der Waals surface area contributed by atoms with Crippen molar-refractivity contribution in [3.8, 4) is 0 Å². The van der Waals surface area contributed by atoms with Crippen LogP contribution in [0.5, 0.6) is 0 Å². The Balaban J connectivity index is 1.87. The lowest BCUT2D eigenvalue weighted by molar-refractivity contribution is -0.130. The Hall–Kier alpha value is -2.34. The van der Waals surface area contributed by atoms with E-state index < -0.39 is 0 Å². The molecular weight excluding hydrogens is 364 g/mol. The molecule has 1 heterocycles. The topological polar surface area (TPSA) is 57.6 Å². The minimum absolute atomic E-state index is 0.0438. The van der Waals surface area contributed by atoms with Gasteiger partial charge in [0.25, 0.3) is 0 Å². The van der Waals surface area contributed by atoms with Crippen LogP contribution >= 0.6 is 0 Å². The zero-order chi connectivity index (χ0) is 21.2. The Kier molecular flexibility index (Phi) is 9.19. The molecule has 1 aromatic heterocycles. The molecule has 1 N–H and O–H groups in total. The normalized spacial score (nSPS) is 11.2. The highest BCUT2D eigenvalue weighted by molar-refractivity contribution is 5.94. The summed E-state index contributed by atoms with van der Waals surface area (Å²) in [6.45, 7) is 13.9. The van der Waals surface area contributed by atoms with E-state index in [9.17, 15) is 9.59 Å². The third-order valence-electron chi connectivity index (χ3n) is 5.52. The first-order valence-corrected chi connectivity index (χ1v) is 10.9. The number of nitrogens with one attached hydrogen (secondary N) is 1. The number of hydrogen-bond donors (Lipinski definition) is 1. The fourth-order valence-corrected chi connectivity index (χ4v) is 3.62. The fourth-order valence-electron chi connectivity index (χ4n) is 3.62. The monoisotopic (exact) mass is 400 g/mol. The van der Waals surface area contributed by atoms with Gasteiger partial charge < -0.3 is 19.7 Å². The number of rotatable bonds is 12. The van der Waals surface area contributed by atoms with Gasteiger partial charge in [0.05, 0.1) is 0 Å². The van der Waals surface area contributed by atoms with E-state index >= 15 is 0 Å². The summed E-state index contributed by atoms with van der Waals surface area (Å²) in [7, 11) is 0. The van der Waals surface area contributed by atoms with Crippen LogP contribution in [0.4, 0.5) is 5.69 Å². The van der Waals surface area contributed by atoms with E-state index in [1.54, 1.807) is 4.90 Å². The standard InChI is InChI=1S/C23H36N4O2/c1-5-25(6-2)16-17-27-15-14-19-18-20(12-13-21(19)27)24-22(28)10-9-11-23(29)26(7-3)8-4/h12-15,18H,5-11,16-17H2,1-4H3,(H,24,28). The fraction of sp³-hybridized carbons (Fsp3) is 0.565. The maximum Gasteiger partial charge on any atom is 0.224 e. The zero-order valence-corrected chi connectivity index (χ0v) is 18.4. The van der Waals surface area contributed by atoms with Crippen LogP contribution in [0.25, 0.3) is 10.9 Å². The van der Waals surface area contributed by atoms with Gasteiger partial charge in [0, 0.05) is 61.8 Å². The third-order valence-corrected chi connectivity index (χ3v) is 5.52. The largest absolute Gasteiger partial charge is 0.346 e. The van der Waals surface area contributed by atoms with E-state index in [2.05, 4.69) is 47.0 Å². The highest BCUT2D eigenvalue weighted by atomic mass is 16.2. The number of benzene rings is 1. The summed E-state index contributed by atoms with van der Waals surface area (Å²) in [5, 5.41) is 4.09. The first-order valence-electron chi connectivity index (χ1n) is 10.9. The Morgan fingerprint density at radius 3 is 2.34 bits per heavy atom. The average molecular weight is 401 g/mol. The molecule has 0 radical (unpaired) electrons. The summed E-state index contributed by atoms with van der Waals surface area (Å²) >= 11 is 0. The van der Waals surface area contributed by atoms with Gasteiger partial charge in [-0.3, -0.25) is 9.59 Å². The number of hydrogen-bond acceptors (Lipinski definition) is 3. The molecular formula is C23H36N4O2. The van der Waals surface area contributed by atoms with Crippen molar-refractivity contribution in [3.05, 3.63) is 30.5 Å². The molecule has 6 heteroatoms. The van der Waals surface area contributed by atoms with E-state index in [0.29, 0.717) is 19.3 Å². The number of likely N-dealkylation sites (N-methyl/N-ethyl adjacent to an activating group) is 1. The van der Waals surface area contributed by atoms with Crippen molar-refractivity contribution in [2.24, 2.45) is 0 Å². The van der Waals surface area contributed by atoms with Gasteiger partial charge in [-0.05, 0) is 57.6 Å². The van der Waals surface area contributed by atoms with Crippen LogP contribution in [0.2, 0.25) is 0 Å². The molecule has 2 amide bonds. The zero-order valence-electron chi connectivity index (χ0n) is 18.4. The number of amides is 2. The molecule has 0 saturated carbocycles. The van der Waals surface area contributed by atoms with Crippen LogP contribution in [-0.2, 0) is 16.1 Å². The molecule has 0 atom stereocenters. The second kappa shape index (κ2) is 11.6. The molecule has 0 spiro atoms. The van der Waals surface area contributed by atoms with E-state index in [-0.39, 0.29) is 11.8 Å². The summed E-state index contributed by atoms with van der Waals surface area (Å²) < 4.78 is 2.26. The smallest absolute Gasteiger partial charge is 0.224 e. The number of carbonyl (C=O) groups excluding carboxylic acids is 2. The number of carbonyl (C=O) groups is 2. The number of anilines is 1. The summed E-state index contributed by atoms with van der Waals surface area (Å²) in [5.41, 5.74) is 1.99. The highest BCUT2D eigenvalue weighted by Gasteiger charge is 2.11. The number of aromatic nitrogens is 1. The average Bonchev–Trinajstić information content (AvgIpc) is 3.12. The van der Waals surface area contributed by atoms with Crippen LogP contribution in [0.15, 0.2) is 30.5 Å².